The third-order valence-corrected chi connectivity index (χ3v) is 7.17. The van der Waals surface area contributed by atoms with E-state index in [4.69, 9.17) is 0 Å². The minimum atomic E-state index is 0.120. The summed E-state index contributed by atoms with van der Waals surface area (Å²) in [6, 6.07) is 9.17. The molecule has 4 rings (SSSR count). The summed E-state index contributed by atoms with van der Waals surface area (Å²) in [5, 5.41) is 0. The van der Waals surface area contributed by atoms with E-state index in [9.17, 15) is 0 Å². The van der Waals surface area contributed by atoms with Gasteiger partial charge in [-0.25, -0.2) is 0 Å². The fourth-order valence-corrected chi connectivity index (χ4v) is 6.02. The van der Waals surface area contributed by atoms with Gasteiger partial charge in [-0.15, -0.1) is 0 Å². The van der Waals surface area contributed by atoms with Gasteiger partial charge in [0.25, 0.3) is 0 Å². The van der Waals surface area contributed by atoms with E-state index in [1.807, 2.05) is 0 Å². The zero-order valence-electron chi connectivity index (χ0n) is 18.1. The Bertz CT molecular complexity index is 929. The highest BCUT2D eigenvalue weighted by molar-refractivity contribution is 5.74. The Balaban J connectivity index is 1.91. The Morgan fingerprint density at radius 3 is 1.26 bits per heavy atom. The number of allylic oxidation sites excluding steroid dienone is 2. The van der Waals surface area contributed by atoms with Crippen LogP contribution in [0.2, 0.25) is 0 Å². The SMILES string of the molecule is CC1=Cc2c(C)ccc(C)c2C1C(C)(C)C1C(C)=Cc2c(C)ccc(C)c21. The standard InChI is InChI=1S/C27H32/c1-15-9-11-17(3)23-21(15)13-19(5)25(23)27(7,8)26-20(6)14-22-16(2)10-12-18(4)24(22)26/h9-14,25-26H,1-8H3. The maximum atomic E-state index is 2.49. The summed E-state index contributed by atoms with van der Waals surface area (Å²) in [6.07, 6.45) is 4.89. The Morgan fingerprint density at radius 2 is 0.889 bits per heavy atom. The molecular weight excluding hydrogens is 324 g/mol. The van der Waals surface area contributed by atoms with Crippen LogP contribution in [-0.2, 0) is 0 Å². The summed E-state index contributed by atoms with van der Waals surface area (Å²) in [5.74, 6) is 0.929. The molecule has 2 unspecified atom stereocenters. The first kappa shape index (κ1) is 18.3. The van der Waals surface area contributed by atoms with Crippen LogP contribution in [0.25, 0.3) is 12.2 Å². The average Bonchev–Trinajstić information content (AvgIpc) is 3.14. The Labute approximate surface area is 165 Å². The van der Waals surface area contributed by atoms with Crippen molar-refractivity contribution in [3.05, 3.63) is 79.9 Å². The van der Waals surface area contributed by atoms with Gasteiger partial charge in [0.1, 0.15) is 0 Å². The smallest absolute Gasteiger partial charge is 0.0117 e. The lowest BCUT2D eigenvalue weighted by Crippen LogP contribution is -2.30. The molecule has 2 aliphatic carbocycles. The molecule has 0 fully saturated rings. The Hall–Kier alpha value is -2.08. The van der Waals surface area contributed by atoms with Gasteiger partial charge in [0.2, 0.25) is 0 Å². The number of aryl methyl sites for hydroxylation is 4. The van der Waals surface area contributed by atoms with Crippen molar-refractivity contribution in [1.82, 2.24) is 0 Å². The van der Waals surface area contributed by atoms with Crippen LogP contribution in [0.4, 0.5) is 0 Å². The summed E-state index contributed by atoms with van der Waals surface area (Å²) in [4.78, 5) is 0. The minimum Gasteiger partial charge on any atom is -0.0646 e. The minimum absolute atomic E-state index is 0.120. The number of hydrogen-bond donors (Lipinski definition) is 0. The zero-order chi connectivity index (χ0) is 19.7. The quantitative estimate of drug-likeness (QED) is 0.518. The van der Waals surface area contributed by atoms with Gasteiger partial charge >= 0.3 is 0 Å². The van der Waals surface area contributed by atoms with Gasteiger partial charge in [0.15, 0.2) is 0 Å². The van der Waals surface area contributed by atoms with Crippen molar-refractivity contribution in [3.8, 4) is 0 Å². The molecule has 140 valence electrons. The first-order chi connectivity index (χ1) is 12.6. The molecule has 0 saturated carbocycles. The maximum absolute atomic E-state index is 2.49. The van der Waals surface area contributed by atoms with Crippen molar-refractivity contribution in [2.75, 3.05) is 0 Å². The normalized spacial score (nSPS) is 21.0. The monoisotopic (exact) mass is 356 g/mol. The maximum Gasteiger partial charge on any atom is 0.0117 e. The summed E-state index contributed by atoms with van der Waals surface area (Å²) in [6.45, 7) is 18.7. The lowest BCUT2D eigenvalue weighted by Gasteiger charge is -2.42. The molecule has 0 amide bonds. The topological polar surface area (TPSA) is 0 Å². The van der Waals surface area contributed by atoms with Crippen molar-refractivity contribution in [1.29, 1.82) is 0 Å². The molecule has 0 saturated heterocycles. The second-order valence-electron chi connectivity index (χ2n) is 9.52. The van der Waals surface area contributed by atoms with E-state index >= 15 is 0 Å². The van der Waals surface area contributed by atoms with E-state index < -0.39 is 0 Å². The van der Waals surface area contributed by atoms with E-state index in [0.29, 0.717) is 11.8 Å². The molecule has 0 aromatic heterocycles. The van der Waals surface area contributed by atoms with Crippen molar-refractivity contribution in [2.24, 2.45) is 5.41 Å². The van der Waals surface area contributed by atoms with Gasteiger partial charge in [0.05, 0.1) is 0 Å². The number of benzene rings is 2. The molecule has 0 nitrogen and oxygen atoms in total. The van der Waals surface area contributed by atoms with Crippen LogP contribution in [0, 0.1) is 33.1 Å². The largest absolute Gasteiger partial charge is 0.0646 e. The van der Waals surface area contributed by atoms with Crippen LogP contribution in [-0.4, -0.2) is 0 Å². The first-order valence-electron chi connectivity index (χ1n) is 10.2. The number of rotatable bonds is 2. The van der Waals surface area contributed by atoms with Gasteiger partial charge in [0, 0.05) is 11.8 Å². The number of hydrogen-bond acceptors (Lipinski definition) is 0. The first-order valence-corrected chi connectivity index (χ1v) is 10.2. The van der Waals surface area contributed by atoms with E-state index in [0.717, 1.165) is 0 Å². The predicted octanol–water partition coefficient (Wildman–Crippen LogP) is 7.65. The summed E-state index contributed by atoms with van der Waals surface area (Å²) in [5.41, 5.74) is 14.9. The van der Waals surface area contributed by atoms with Crippen LogP contribution in [0.1, 0.15) is 84.0 Å². The van der Waals surface area contributed by atoms with E-state index in [2.05, 4.69) is 91.8 Å². The van der Waals surface area contributed by atoms with Crippen molar-refractivity contribution >= 4 is 12.2 Å². The molecule has 0 radical (unpaired) electrons. The highest BCUT2D eigenvalue weighted by Crippen LogP contribution is 2.59. The molecule has 2 aliphatic rings. The molecule has 0 spiro atoms. The van der Waals surface area contributed by atoms with Crippen molar-refractivity contribution < 1.29 is 0 Å². The average molecular weight is 357 g/mol. The van der Waals surface area contributed by atoms with E-state index in [1.165, 1.54) is 44.5 Å². The van der Waals surface area contributed by atoms with Gasteiger partial charge in [-0.2, -0.15) is 0 Å². The second kappa shape index (κ2) is 5.96. The molecule has 0 bridgehead atoms. The Morgan fingerprint density at radius 1 is 0.556 bits per heavy atom. The number of fused-ring (bicyclic) bond motifs is 2. The predicted molar refractivity (Wildman–Crippen MR) is 118 cm³/mol. The third-order valence-electron chi connectivity index (χ3n) is 7.17. The van der Waals surface area contributed by atoms with Gasteiger partial charge in [-0.1, -0.05) is 61.4 Å². The molecule has 2 aromatic rings. The lowest BCUT2D eigenvalue weighted by atomic mass is 9.61. The lowest BCUT2D eigenvalue weighted by molar-refractivity contribution is 0.273. The highest BCUT2D eigenvalue weighted by atomic mass is 14.5. The van der Waals surface area contributed by atoms with Crippen LogP contribution < -0.4 is 0 Å². The van der Waals surface area contributed by atoms with Crippen molar-refractivity contribution in [2.45, 2.75) is 67.2 Å². The van der Waals surface area contributed by atoms with Gasteiger partial charge in [-0.05, 0) is 91.5 Å². The Kier molecular flexibility index (Phi) is 4.04. The van der Waals surface area contributed by atoms with E-state index in [1.54, 1.807) is 11.1 Å². The molecule has 0 heterocycles. The highest BCUT2D eigenvalue weighted by Gasteiger charge is 2.46. The van der Waals surface area contributed by atoms with E-state index in [-0.39, 0.29) is 5.41 Å². The van der Waals surface area contributed by atoms with Crippen LogP contribution >= 0.6 is 0 Å². The molecule has 0 N–H and O–H groups in total. The molecule has 0 aliphatic heterocycles. The molecule has 2 aromatic carbocycles. The summed E-state index contributed by atoms with van der Waals surface area (Å²) >= 11 is 0. The molecule has 2 atom stereocenters. The zero-order valence-corrected chi connectivity index (χ0v) is 18.1. The molecule has 27 heavy (non-hydrogen) atoms. The third kappa shape index (κ3) is 2.49. The van der Waals surface area contributed by atoms with Gasteiger partial charge in [-0.3, -0.25) is 0 Å². The fourth-order valence-electron chi connectivity index (χ4n) is 6.02. The van der Waals surface area contributed by atoms with Crippen LogP contribution in [0.3, 0.4) is 0 Å². The molecule has 0 heteroatoms. The summed E-state index contributed by atoms with van der Waals surface area (Å²) < 4.78 is 0. The fraction of sp³-hybridized carbons (Fsp3) is 0.407. The van der Waals surface area contributed by atoms with Crippen molar-refractivity contribution in [3.63, 3.8) is 0 Å². The second-order valence-corrected chi connectivity index (χ2v) is 9.52. The van der Waals surface area contributed by atoms with Crippen LogP contribution in [0.15, 0.2) is 35.4 Å². The molecular formula is C27H32. The van der Waals surface area contributed by atoms with Gasteiger partial charge < -0.3 is 0 Å². The van der Waals surface area contributed by atoms with Crippen LogP contribution in [0.5, 0.6) is 0 Å². The summed E-state index contributed by atoms with van der Waals surface area (Å²) in [7, 11) is 0.